The van der Waals surface area contributed by atoms with Crippen LogP contribution in [-0.4, -0.2) is 16.7 Å². The van der Waals surface area contributed by atoms with Gasteiger partial charge in [-0.15, -0.1) is 0 Å². The Hall–Kier alpha value is -2.01. The number of thiazole rings is 1. The molecule has 2 bridgehead atoms. The Kier molecular flexibility index (Phi) is 4.42. The highest BCUT2D eigenvalue weighted by molar-refractivity contribution is 7.18. The molecular formula is C20H22N2O2S. The van der Waals surface area contributed by atoms with Crippen LogP contribution in [0.5, 0.6) is 0 Å². The van der Waals surface area contributed by atoms with Gasteiger partial charge >= 0.3 is 0 Å². The average molecular weight is 354 g/mol. The fourth-order valence-corrected chi connectivity index (χ4v) is 5.34. The van der Waals surface area contributed by atoms with Gasteiger partial charge in [-0.3, -0.25) is 9.59 Å². The third-order valence-electron chi connectivity index (χ3n) is 5.57. The average Bonchev–Trinajstić information content (AvgIpc) is 3.30. The molecule has 3 atom stereocenters. The largest absolute Gasteiger partial charge is 0.302 e. The highest BCUT2D eigenvalue weighted by Crippen LogP contribution is 2.49. The lowest BCUT2D eigenvalue weighted by Crippen LogP contribution is -2.20. The molecule has 2 saturated carbocycles. The molecule has 25 heavy (non-hydrogen) atoms. The number of amides is 1. The van der Waals surface area contributed by atoms with E-state index in [2.05, 4.69) is 10.3 Å². The monoisotopic (exact) mass is 354 g/mol. The third kappa shape index (κ3) is 3.38. The number of nitrogens with zero attached hydrogens (tertiary/aromatic N) is 1. The molecule has 130 valence electrons. The number of ketones is 1. The zero-order chi connectivity index (χ0) is 17.4. The summed E-state index contributed by atoms with van der Waals surface area (Å²) in [5.41, 5.74) is 1.56. The molecule has 1 aromatic heterocycles. The summed E-state index contributed by atoms with van der Waals surface area (Å²) in [7, 11) is 0. The molecule has 1 aromatic carbocycles. The van der Waals surface area contributed by atoms with Gasteiger partial charge in [-0.1, -0.05) is 48.1 Å². The summed E-state index contributed by atoms with van der Waals surface area (Å²) in [6, 6.07) is 9.64. The fraction of sp³-hybridized carbons (Fsp3) is 0.450. The molecule has 1 amide bonds. The quantitative estimate of drug-likeness (QED) is 0.786. The summed E-state index contributed by atoms with van der Waals surface area (Å²) in [6.45, 7) is 1.54. The molecule has 0 unspecified atom stereocenters. The van der Waals surface area contributed by atoms with Crippen molar-refractivity contribution in [2.24, 2.45) is 17.8 Å². The molecule has 1 heterocycles. The molecule has 0 aliphatic heterocycles. The normalized spacial score (nSPS) is 24.4. The van der Waals surface area contributed by atoms with Crippen molar-refractivity contribution in [1.29, 1.82) is 0 Å². The minimum absolute atomic E-state index is 0.0232. The van der Waals surface area contributed by atoms with Gasteiger partial charge in [0.15, 0.2) is 10.9 Å². The lowest BCUT2D eigenvalue weighted by molar-refractivity contribution is -0.117. The van der Waals surface area contributed by atoms with Crippen LogP contribution in [0.3, 0.4) is 0 Å². The van der Waals surface area contributed by atoms with Crippen molar-refractivity contribution in [1.82, 2.24) is 4.98 Å². The van der Waals surface area contributed by atoms with Crippen molar-refractivity contribution in [2.45, 2.75) is 39.0 Å². The molecule has 0 radical (unpaired) electrons. The molecule has 2 aliphatic carbocycles. The molecule has 1 N–H and O–H groups in total. The SMILES string of the molecule is CC(=O)c1sc(NC(=O)C[C@H]2C[C@@H]3CC[C@@H]2C3)nc1-c1ccccc1. The maximum atomic E-state index is 12.4. The summed E-state index contributed by atoms with van der Waals surface area (Å²) in [5, 5.41) is 3.46. The van der Waals surface area contributed by atoms with Crippen molar-refractivity contribution < 1.29 is 9.59 Å². The van der Waals surface area contributed by atoms with Gasteiger partial charge < -0.3 is 5.32 Å². The maximum absolute atomic E-state index is 12.4. The van der Waals surface area contributed by atoms with Gasteiger partial charge in [0, 0.05) is 18.9 Å². The van der Waals surface area contributed by atoms with Crippen molar-refractivity contribution in [3.63, 3.8) is 0 Å². The lowest BCUT2D eigenvalue weighted by atomic mass is 9.86. The van der Waals surface area contributed by atoms with Crippen LogP contribution in [0.2, 0.25) is 0 Å². The van der Waals surface area contributed by atoms with Crippen LogP contribution in [0.4, 0.5) is 5.13 Å². The number of anilines is 1. The Morgan fingerprint density at radius 1 is 1.20 bits per heavy atom. The van der Waals surface area contributed by atoms with Crippen LogP contribution < -0.4 is 5.32 Å². The molecule has 0 saturated heterocycles. The first-order valence-corrected chi connectivity index (χ1v) is 9.79. The first-order chi connectivity index (χ1) is 12.1. The molecule has 0 spiro atoms. The number of rotatable bonds is 5. The predicted octanol–water partition coefficient (Wildman–Crippen LogP) is 4.78. The van der Waals surface area contributed by atoms with E-state index in [1.165, 1.54) is 37.0 Å². The van der Waals surface area contributed by atoms with Gasteiger partial charge in [0.25, 0.3) is 0 Å². The van der Waals surface area contributed by atoms with E-state index >= 15 is 0 Å². The minimum Gasteiger partial charge on any atom is -0.302 e. The first-order valence-electron chi connectivity index (χ1n) is 8.97. The van der Waals surface area contributed by atoms with Crippen LogP contribution >= 0.6 is 11.3 Å². The Morgan fingerprint density at radius 3 is 2.64 bits per heavy atom. The second kappa shape index (κ2) is 6.71. The van der Waals surface area contributed by atoms with Gasteiger partial charge in [-0.25, -0.2) is 4.98 Å². The zero-order valence-corrected chi connectivity index (χ0v) is 15.1. The Bertz CT molecular complexity index is 799. The Labute approximate surface area is 151 Å². The van der Waals surface area contributed by atoms with Gasteiger partial charge in [0.1, 0.15) is 0 Å². The van der Waals surface area contributed by atoms with Crippen molar-refractivity contribution in [2.75, 3.05) is 5.32 Å². The number of nitrogens with one attached hydrogen (secondary N) is 1. The molecule has 4 rings (SSSR count). The van der Waals surface area contributed by atoms with Crippen LogP contribution in [0.25, 0.3) is 11.3 Å². The number of aromatic nitrogens is 1. The molecule has 4 nitrogen and oxygen atoms in total. The molecule has 2 fully saturated rings. The number of hydrogen-bond donors (Lipinski definition) is 1. The first kappa shape index (κ1) is 16.5. The summed E-state index contributed by atoms with van der Waals surface area (Å²) >= 11 is 1.27. The van der Waals surface area contributed by atoms with Crippen molar-refractivity contribution in [3.8, 4) is 11.3 Å². The van der Waals surface area contributed by atoms with E-state index in [1.807, 2.05) is 30.3 Å². The van der Waals surface area contributed by atoms with Crippen LogP contribution in [0.1, 0.15) is 48.7 Å². The predicted molar refractivity (Wildman–Crippen MR) is 99.7 cm³/mol. The summed E-state index contributed by atoms with van der Waals surface area (Å²) in [6.07, 6.45) is 5.72. The second-order valence-electron chi connectivity index (χ2n) is 7.31. The van der Waals surface area contributed by atoms with Gasteiger partial charge in [0.05, 0.1) is 10.6 Å². The number of carbonyl (C=O) groups is 2. The lowest BCUT2D eigenvalue weighted by Gasteiger charge is -2.20. The van der Waals surface area contributed by atoms with Gasteiger partial charge in [-0.05, 0) is 37.0 Å². The topological polar surface area (TPSA) is 59.1 Å². The van der Waals surface area contributed by atoms with E-state index in [0.29, 0.717) is 28.0 Å². The highest BCUT2D eigenvalue weighted by atomic mass is 32.1. The van der Waals surface area contributed by atoms with Gasteiger partial charge in [-0.2, -0.15) is 0 Å². The minimum atomic E-state index is -0.0232. The van der Waals surface area contributed by atoms with Crippen molar-refractivity contribution >= 4 is 28.2 Å². The number of fused-ring (bicyclic) bond motifs is 2. The van der Waals surface area contributed by atoms with Crippen LogP contribution in [0.15, 0.2) is 30.3 Å². The maximum Gasteiger partial charge on any atom is 0.226 e. The fourth-order valence-electron chi connectivity index (χ4n) is 4.44. The third-order valence-corrected chi connectivity index (χ3v) is 6.64. The zero-order valence-electron chi connectivity index (χ0n) is 14.3. The summed E-state index contributed by atoms with van der Waals surface area (Å²) in [5.74, 6) is 2.11. The Balaban J connectivity index is 1.49. The molecular weight excluding hydrogens is 332 g/mol. The number of hydrogen-bond acceptors (Lipinski definition) is 4. The van der Waals surface area contributed by atoms with E-state index in [9.17, 15) is 9.59 Å². The molecule has 2 aliphatic rings. The van der Waals surface area contributed by atoms with Gasteiger partial charge in [0.2, 0.25) is 5.91 Å². The van der Waals surface area contributed by atoms with Crippen LogP contribution in [-0.2, 0) is 4.79 Å². The van der Waals surface area contributed by atoms with E-state index in [4.69, 9.17) is 0 Å². The smallest absolute Gasteiger partial charge is 0.226 e. The van der Waals surface area contributed by atoms with E-state index in [-0.39, 0.29) is 11.7 Å². The Morgan fingerprint density at radius 2 is 2.00 bits per heavy atom. The number of Topliss-reactive ketones (excluding diaryl/α,β-unsaturated/α-hetero) is 1. The standard InChI is InChI=1S/C20H22N2O2S/c1-12(23)19-18(14-5-3-2-4-6-14)22-20(25-19)21-17(24)11-16-10-13-7-8-15(16)9-13/h2-6,13,15-16H,7-11H2,1H3,(H,21,22,24)/t13-,15-,16-/m1/s1. The highest BCUT2D eigenvalue weighted by Gasteiger charge is 2.40. The molecule has 2 aromatic rings. The number of carbonyl (C=O) groups excluding carboxylic acids is 2. The number of benzene rings is 1. The van der Waals surface area contributed by atoms with E-state index in [1.54, 1.807) is 6.92 Å². The van der Waals surface area contributed by atoms with E-state index in [0.717, 1.165) is 17.4 Å². The summed E-state index contributed by atoms with van der Waals surface area (Å²) in [4.78, 5) is 29.5. The van der Waals surface area contributed by atoms with Crippen LogP contribution in [0, 0.1) is 17.8 Å². The van der Waals surface area contributed by atoms with E-state index < -0.39 is 0 Å². The second-order valence-corrected chi connectivity index (χ2v) is 8.31. The van der Waals surface area contributed by atoms with Crippen molar-refractivity contribution in [3.05, 3.63) is 35.2 Å². The molecule has 5 heteroatoms. The summed E-state index contributed by atoms with van der Waals surface area (Å²) < 4.78 is 0.